The number of hydrogen-bond donors (Lipinski definition) is 0. The lowest BCUT2D eigenvalue weighted by atomic mass is 9.87. The number of Topliss-reactive ketones (excluding diaryl/α,β-unsaturated/α-hetero) is 1. The van der Waals surface area contributed by atoms with Crippen LogP contribution in [0, 0.1) is 5.92 Å². The lowest BCUT2D eigenvalue weighted by Crippen LogP contribution is -2.15. The van der Waals surface area contributed by atoms with E-state index < -0.39 is 0 Å². The van der Waals surface area contributed by atoms with E-state index in [2.05, 4.69) is 12.2 Å². The van der Waals surface area contributed by atoms with Gasteiger partial charge in [0, 0.05) is 16.5 Å². The highest BCUT2D eigenvalue weighted by Gasteiger charge is 2.19. The molecule has 0 aromatic heterocycles. The first kappa shape index (κ1) is 10.4. The second-order valence-electron chi connectivity index (χ2n) is 3.86. The zero-order valence-electron chi connectivity index (χ0n) is 8.45. The van der Waals surface area contributed by atoms with Crippen molar-refractivity contribution in [2.24, 2.45) is 5.92 Å². The summed E-state index contributed by atoms with van der Waals surface area (Å²) in [7, 11) is 0. The third-order valence-corrected chi connectivity index (χ3v) is 2.98. The van der Waals surface area contributed by atoms with Crippen LogP contribution in [0.5, 0.6) is 0 Å². The summed E-state index contributed by atoms with van der Waals surface area (Å²) in [6, 6.07) is 7.21. The molecule has 1 aliphatic rings. The fourth-order valence-corrected chi connectivity index (χ4v) is 2.10. The van der Waals surface area contributed by atoms with Gasteiger partial charge in [-0.25, -0.2) is 0 Å². The lowest BCUT2D eigenvalue weighted by molar-refractivity contribution is 0.0912. The zero-order valence-corrected chi connectivity index (χ0v) is 9.20. The Hall–Kier alpha value is -1.08. The van der Waals surface area contributed by atoms with E-state index in [0.29, 0.717) is 5.02 Å². The Labute approximate surface area is 94.8 Å². The van der Waals surface area contributed by atoms with Gasteiger partial charge in [-0.15, -0.1) is 0 Å². The maximum atomic E-state index is 12.1. The molecule has 0 spiro atoms. The van der Waals surface area contributed by atoms with Gasteiger partial charge in [0.2, 0.25) is 0 Å². The Morgan fingerprint density at radius 1 is 1.33 bits per heavy atom. The average molecular weight is 221 g/mol. The number of benzene rings is 1. The molecule has 1 atom stereocenters. The largest absolute Gasteiger partial charge is 0.294 e. The normalized spacial score (nSPS) is 20.2. The van der Waals surface area contributed by atoms with Crippen molar-refractivity contribution in [3.8, 4) is 0 Å². The van der Waals surface area contributed by atoms with Crippen molar-refractivity contribution in [2.45, 2.75) is 19.3 Å². The van der Waals surface area contributed by atoms with Crippen molar-refractivity contribution < 1.29 is 4.79 Å². The second-order valence-corrected chi connectivity index (χ2v) is 4.29. The fourth-order valence-electron chi connectivity index (χ4n) is 1.91. The molecule has 0 saturated carbocycles. The van der Waals surface area contributed by atoms with Gasteiger partial charge in [-0.1, -0.05) is 35.9 Å². The summed E-state index contributed by atoms with van der Waals surface area (Å²) in [6.45, 7) is 0. The second kappa shape index (κ2) is 4.63. The first-order valence-corrected chi connectivity index (χ1v) is 5.60. The molecule has 0 saturated heterocycles. The molecule has 1 unspecified atom stereocenters. The van der Waals surface area contributed by atoms with Gasteiger partial charge in [-0.2, -0.15) is 0 Å². The van der Waals surface area contributed by atoms with Crippen LogP contribution in [0.15, 0.2) is 36.4 Å². The van der Waals surface area contributed by atoms with Gasteiger partial charge in [-0.05, 0) is 31.4 Å². The number of allylic oxidation sites excluding steroid dienone is 2. The molecular formula is C13H13ClO. The molecule has 1 aromatic rings. The van der Waals surface area contributed by atoms with E-state index in [-0.39, 0.29) is 11.7 Å². The molecule has 0 bridgehead atoms. The fraction of sp³-hybridized carbons (Fsp3) is 0.308. The Bertz CT molecular complexity index is 395. The predicted molar refractivity (Wildman–Crippen MR) is 62.3 cm³/mol. The molecule has 78 valence electrons. The molecule has 1 aliphatic carbocycles. The van der Waals surface area contributed by atoms with Gasteiger partial charge >= 0.3 is 0 Å². The van der Waals surface area contributed by atoms with Crippen molar-refractivity contribution in [3.63, 3.8) is 0 Å². The van der Waals surface area contributed by atoms with Gasteiger partial charge < -0.3 is 0 Å². The smallest absolute Gasteiger partial charge is 0.166 e. The van der Waals surface area contributed by atoms with Crippen LogP contribution in [-0.4, -0.2) is 5.78 Å². The zero-order chi connectivity index (χ0) is 10.7. The van der Waals surface area contributed by atoms with Crippen LogP contribution in [0.25, 0.3) is 0 Å². The summed E-state index contributed by atoms with van der Waals surface area (Å²) in [4.78, 5) is 12.1. The van der Waals surface area contributed by atoms with E-state index in [1.807, 2.05) is 12.1 Å². The maximum Gasteiger partial charge on any atom is 0.166 e. The highest BCUT2D eigenvalue weighted by atomic mass is 35.5. The molecule has 0 heterocycles. The van der Waals surface area contributed by atoms with Crippen LogP contribution >= 0.6 is 11.6 Å². The average Bonchev–Trinajstić information content (AvgIpc) is 2.29. The SMILES string of the molecule is O=C(c1cccc(Cl)c1)C1CC=CCC1. The standard InChI is InChI=1S/C13H13ClO/c14-12-8-4-7-11(9-12)13(15)10-5-2-1-3-6-10/h1-2,4,7-10H,3,5-6H2. The van der Waals surface area contributed by atoms with Crippen molar-refractivity contribution >= 4 is 17.4 Å². The molecule has 0 aliphatic heterocycles. The Kier molecular flexibility index (Phi) is 3.22. The Balaban J connectivity index is 2.16. The molecule has 0 radical (unpaired) electrons. The predicted octanol–water partition coefficient (Wildman–Crippen LogP) is 3.88. The highest BCUT2D eigenvalue weighted by molar-refractivity contribution is 6.31. The van der Waals surface area contributed by atoms with Gasteiger partial charge in [0.05, 0.1) is 0 Å². The van der Waals surface area contributed by atoms with E-state index in [4.69, 9.17) is 11.6 Å². The van der Waals surface area contributed by atoms with Crippen LogP contribution in [0.2, 0.25) is 5.02 Å². The van der Waals surface area contributed by atoms with E-state index in [9.17, 15) is 4.79 Å². The number of ketones is 1. The van der Waals surface area contributed by atoms with Crippen molar-refractivity contribution in [1.29, 1.82) is 0 Å². The number of carbonyl (C=O) groups excluding carboxylic acids is 1. The number of carbonyl (C=O) groups is 1. The van der Waals surface area contributed by atoms with E-state index in [1.165, 1.54) is 0 Å². The molecule has 1 nitrogen and oxygen atoms in total. The van der Waals surface area contributed by atoms with E-state index >= 15 is 0 Å². The Morgan fingerprint density at radius 3 is 2.87 bits per heavy atom. The van der Waals surface area contributed by atoms with Crippen LogP contribution in [0.3, 0.4) is 0 Å². The summed E-state index contributed by atoms with van der Waals surface area (Å²) in [5.41, 5.74) is 0.739. The third kappa shape index (κ3) is 2.48. The molecule has 2 heteroatoms. The van der Waals surface area contributed by atoms with Crippen molar-refractivity contribution in [2.75, 3.05) is 0 Å². The van der Waals surface area contributed by atoms with Gasteiger partial charge in [0.25, 0.3) is 0 Å². The minimum absolute atomic E-state index is 0.147. The highest BCUT2D eigenvalue weighted by Crippen LogP contribution is 2.23. The third-order valence-electron chi connectivity index (χ3n) is 2.75. The molecular weight excluding hydrogens is 208 g/mol. The van der Waals surface area contributed by atoms with E-state index in [0.717, 1.165) is 24.8 Å². The minimum atomic E-state index is 0.147. The van der Waals surface area contributed by atoms with Gasteiger partial charge in [0.15, 0.2) is 5.78 Å². The minimum Gasteiger partial charge on any atom is -0.294 e. The summed E-state index contributed by atoms with van der Waals surface area (Å²) in [6.07, 6.45) is 7.07. The molecule has 2 rings (SSSR count). The van der Waals surface area contributed by atoms with Crippen molar-refractivity contribution in [3.05, 3.63) is 47.0 Å². The summed E-state index contributed by atoms with van der Waals surface area (Å²) >= 11 is 5.86. The monoisotopic (exact) mass is 220 g/mol. The van der Waals surface area contributed by atoms with E-state index in [1.54, 1.807) is 12.1 Å². The summed E-state index contributed by atoms with van der Waals surface area (Å²) < 4.78 is 0. The summed E-state index contributed by atoms with van der Waals surface area (Å²) in [5, 5.41) is 0.632. The molecule has 15 heavy (non-hydrogen) atoms. The first-order valence-electron chi connectivity index (χ1n) is 5.22. The lowest BCUT2D eigenvalue weighted by Gasteiger charge is -2.16. The number of halogens is 1. The summed E-state index contributed by atoms with van der Waals surface area (Å²) in [5.74, 6) is 0.371. The van der Waals surface area contributed by atoms with Crippen LogP contribution in [0.4, 0.5) is 0 Å². The first-order chi connectivity index (χ1) is 7.27. The van der Waals surface area contributed by atoms with Gasteiger partial charge in [-0.3, -0.25) is 4.79 Å². The molecule has 0 N–H and O–H groups in total. The maximum absolute atomic E-state index is 12.1. The Morgan fingerprint density at radius 2 is 2.20 bits per heavy atom. The molecule has 1 aromatic carbocycles. The number of hydrogen-bond acceptors (Lipinski definition) is 1. The topological polar surface area (TPSA) is 17.1 Å². The van der Waals surface area contributed by atoms with Gasteiger partial charge in [0.1, 0.15) is 0 Å². The number of rotatable bonds is 2. The quantitative estimate of drug-likeness (QED) is 0.546. The van der Waals surface area contributed by atoms with Crippen molar-refractivity contribution in [1.82, 2.24) is 0 Å². The van der Waals surface area contributed by atoms with Crippen LogP contribution in [-0.2, 0) is 0 Å². The van der Waals surface area contributed by atoms with Crippen LogP contribution in [0.1, 0.15) is 29.6 Å². The molecule has 0 fully saturated rings. The van der Waals surface area contributed by atoms with Crippen LogP contribution < -0.4 is 0 Å². The molecule has 0 amide bonds.